The highest BCUT2D eigenvalue weighted by atomic mass is 16.6. The zero-order valence-corrected chi connectivity index (χ0v) is 18.7. The monoisotopic (exact) mass is 440 g/mol. The normalized spacial score (nSPS) is 24.5. The fourth-order valence-corrected chi connectivity index (χ4v) is 4.62. The van der Waals surface area contributed by atoms with Crippen molar-refractivity contribution in [1.82, 2.24) is 5.32 Å². The van der Waals surface area contributed by atoms with E-state index < -0.39 is 16.6 Å². The standard InChI is InChI=1S/C24H28N2O6/c1-13-14(2)22-19(15(3)21(13)27)9-10-24(4,32-22)23(28)20-11-18(12-25-20)31-17-7-5-16(6-8-17)26(29)30/h5-8,18,20,25,27H,9-12H2,1-4H3. The van der Waals surface area contributed by atoms with Gasteiger partial charge in [-0.25, -0.2) is 0 Å². The second-order valence-corrected chi connectivity index (χ2v) is 8.92. The van der Waals surface area contributed by atoms with E-state index in [4.69, 9.17) is 9.47 Å². The van der Waals surface area contributed by atoms with Crippen molar-refractivity contribution < 1.29 is 24.3 Å². The lowest BCUT2D eigenvalue weighted by atomic mass is 9.83. The first-order valence-electron chi connectivity index (χ1n) is 10.8. The van der Waals surface area contributed by atoms with Gasteiger partial charge in [0.15, 0.2) is 11.4 Å². The minimum Gasteiger partial charge on any atom is -0.507 e. The lowest BCUT2D eigenvalue weighted by Crippen LogP contribution is -2.52. The summed E-state index contributed by atoms with van der Waals surface area (Å²) in [4.78, 5) is 23.8. The number of ether oxygens (including phenoxy) is 2. The summed E-state index contributed by atoms with van der Waals surface area (Å²) < 4.78 is 12.2. The molecule has 8 heteroatoms. The number of phenolic OH excluding ortho intramolecular Hbond substituents is 1. The van der Waals surface area contributed by atoms with Crippen LogP contribution in [0.25, 0.3) is 0 Å². The predicted octanol–water partition coefficient (Wildman–Crippen LogP) is 3.69. The summed E-state index contributed by atoms with van der Waals surface area (Å²) in [7, 11) is 0. The summed E-state index contributed by atoms with van der Waals surface area (Å²) >= 11 is 0. The van der Waals surface area contributed by atoms with E-state index in [0.717, 1.165) is 22.3 Å². The molecule has 2 aliphatic rings. The summed E-state index contributed by atoms with van der Waals surface area (Å²) in [5, 5.41) is 24.4. The molecule has 0 radical (unpaired) electrons. The third-order valence-corrected chi connectivity index (χ3v) is 6.80. The number of Topliss-reactive ketones (excluding diaryl/α,β-unsaturated/α-hetero) is 1. The highest BCUT2D eigenvalue weighted by Crippen LogP contribution is 2.44. The highest BCUT2D eigenvalue weighted by Gasteiger charge is 2.46. The average Bonchev–Trinajstić information content (AvgIpc) is 3.24. The molecule has 4 rings (SSSR count). The molecule has 1 saturated heterocycles. The maximum Gasteiger partial charge on any atom is 0.269 e. The predicted molar refractivity (Wildman–Crippen MR) is 119 cm³/mol. The smallest absolute Gasteiger partial charge is 0.269 e. The number of phenols is 1. The van der Waals surface area contributed by atoms with Crippen LogP contribution in [-0.4, -0.2) is 40.1 Å². The Hall–Kier alpha value is -3.13. The lowest BCUT2D eigenvalue weighted by Gasteiger charge is -2.38. The summed E-state index contributed by atoms with van der Waals surface area (Å²) in [6, 6.07) is 5.54. The summed E-state index contributed by atoms with van der Waals surface area (Å²) in [5.74, 6) is 1.52. The number of carbonyl (C=O) groups is 1. The molecule has 0 spiro atoms. The Labute approximate surface area is 186 Å². The van der Waals surface area contributed by atoms with Gasteiger partial charge in [0.25, 0.3) is 5.69 Å². The number of nitro benzene ring substituents is 1. The Bertz CT molecular complexity index is 1080. The Balaban J connectivity index is 1.45. The van der Waals surface area contributed by atoms with Crippen molar-refractivity contribution in [1.29, 1.82) is 0 Å². The molecular formula is C24H28N2O6. The molecule has 0 aliphatic carbocycles. The topological polar surface area (TPSA) is 111 Å². The minimum absolute atomic E-state index is 0.00619. The van der Waals surface area contributed by atoms with Crippen molar-refractivity contribution in [2.45, 2.75) is 64.7 Å². The Morgan fingerprint density at radius 2 is 1.91 bits per heavy atom. The van der Waals surface area contributed by atoms with Crippen molar-refractivity contribution in [3.8, 4) is 17.2 Å². The van der Waals surface area contributed by atoms with Crippen LogP contribution in [-0.2, 0) is 11.2 Å². The van der Waals surface area contributed by atoms with Gasteiger partial charge in [-0.15, -0.1) is 0 Å². The first-order valence-corrected chi connectivity index (χ1v) is 10.8. The third kappa shape index (κ3) is 3.79. The van der Waals surface area contributed by atoms with Gasteiger partial charge >= 0.3 is 0 Å². The molecule has 2 aliphatic heterocycles. The van der Waals surface area contributed by atoms with Crippen LogP contribution in [0, 0.1) is 30.9 Å². The SMILES string of the molecule is Cc1c(C)c2c(c(C)c1O)CCC(C)(C(=O)C1CC(Oc3ccc([N+](=O)[O-])cc3)CN1)O2. The maximum atomic E-state index is 13.4. The van der Waals surface area contributed by atoms with Gasteiger partial charge in [-0.1, -0.05) is 0 Å². The van der Waals surface area contributed by atoms with Gasteiger partial charge in [0, 0.05) is 30.7 Å². The van der Waals surface area contributed by atoms with Crippen LogP contribution in [0.1, 0.15) is 42.0 Å². The Kier molecular flexibility index (Phi) is 5.58. The third-order valence-electron chi connectivity index (χ3n) is 6.80. The summed E-state index contributed by atoms with van der Waals surface area (Å²) in [6.07, 6.45) is 1.48. The molecule has 170 valence electrons. The first kappa shape index (κ1) is 22.1. The van der Waals surface area contributed by atoms with Crippen molar-refractivity contribution in [3.63, 3.8) is 0 Å². The van der Waals surface area contributed by atoms with Crippen molar-refractivity contribution >= 4 is 11.5 Å². The number of nitro groups is 1. The fourth-order valence-electron chi connectivity index (χ4n) is 4.62. The van der Waals surface area contributed by atoms with Gasteiger partial charge < -0.3 is 19.9 Å². The van der Waals surface area contributed by atoms with Gasteiger partial charge in [0.1, 0.15) is 23.4 Å². The minimum atomic E-state index is -0.965. The van der Waals surface area contributed by atoms with Gasteiger partial charge in [0.05, 0.1) is 11.0 Å². The number of rotatable bonds is 5. The summed E-state index contributed by atoms with van der Waals surface area (Å²) in [6.45, 7) is 7.98. The van der Waals surface area contributed by atoms with Crippen molar-refractivity contribution in [2.75, 3.05) is 6.54 Å². The van der Waals surface area contributed by atoms with Crippen LogP contribution < -0.4 is 14.8 Å². The van der Waals surface area contributed by atoms with Gasteiger partial charge in [-0.05, 0) is 69.4 Å². The number of non-ortho nitro benzene ring substituents is 1. The number of nitrogens with one attached hydrogen (secondary N) is 1. The quantitative estimate of drug-likeness (QED) is 0.539. The molecule has 2 aromatic carbocycles. The molecule has 2 N–H and O–H groups in total. The Morgan fingerprint density at radius 1 is 1.22 bits per heavy atom. The van der Waals surface area contributed by atoms with E-state index in [1.807, 2.05) is 27.7 Å². The van der Waals surface area contributed by atoms with E-state index in [1.54, 1.807) is 12.1 Å². The largest absolute Gasteiger partial charge is 0.507 e. The molecule has 3 atom stereocenters. The zero-order valence-electron chi connectivity index (χ0n) is 18.7. The van der Waals surface area contributed by atoms with Crippen LogP contribution in [0.15, 0.2) is 24.3 Å². The van der Waals surface area contributed by atoms with E-state index in [0.29, 0.717) is 43.1 Å². The number of hydrogen-bond acceptors (Lipinski definition) is 7. The van der Waals surface area contributed by atoms with E-state index in [9.17, 15) is 20.0 Å². The molecule has 2 heterocycles. The average molecular weight is 440 g/mol. The number of hydrogen-bond donors (Lipinski definition) is 2. The number of aromatic hydroxyl groups is 1. The van der Waals surface area contributed by atoms with E-state index in [-0.39, 0.29) is 17.6 Å². The first-order chi connectivity index (χ1) is 15.1. The van der Waals surface area contributed by atoms with Gasteiger partial charge in [-0.3, -0.25) is 14.9 Å². The van der Waals surface area contributed by atoms with Crippen molar-refractivity contribution in [2.24, 2.45) is 0 Å². The van der Waals surface area contributed by atoms with Crippen LogP contribution in [0.3, 0.4) is 0 Å². The Morgan fingerprint density at radius 3 is 2.56 bits per heavy atom. The van der Waals surface area contributed by atoms with Crippen LogP contribution in [0.4, 0.5) is 5.69 Å². The second-order valence-electron chi connectivity index (χ2n) is 8.92. The molecule has 1 fully saturated rings. The fraction of sp³-hybridized carbons (Fsp3) is 0.458. The molecule has 2 aromatic rings. The summed E-state index contributed by atoms with van der Waals surface area (Å²) in [5.41, 5.74) is 2.46. The number of nitrogens with zero attached hydrogens (tertiary/aromatic N) is 1. The molecule has 0 saturated carbocycles. The molecule has 32 heavy (non-hydrogen) atoms. The number of fused-ring (bicyclic) bond motifs is 1. The van der Waals surface area contributed by atoms with Gasteiger partial charge in [-0.2, -0.15) is 0 Å². The molecule has 8 nitrogen and oxygen atoms in total. The van der Waals surface area contributed by atoms with Crippen molar-refractivity contribution in [3.05, 3.63) is 56.6 Å². The van der Waals surface area contributed by atoms with Crippen LogP contribution in [0.2, 0.25) is 0 Å². The van der Waals surface area contributed by atoms with Crippen LogP contribution in [0.5, 0.6) is 17.2 Å². The molecular weight excluding hydrogens is 412 g/mol. The molecule has 0 amide bonds. The van der Waals surface area contributed by atoms with E-state index >= 15 is 0 Å². The maximum absolute atomic E-state index is 13.4. The number of carbonyl (C=O) groups excluding carboxylic acids is 1. The molecule has 3 unspecified atom stereocenters. The number of benzene rings is 2. The highest BCUT2D eigenvalue weighted by molar-refractivity contribution is 5.92. The van der Waals surface area contributed by atoms with Gasteiger partial charge in [0.2, 0.25) is 0 Å². The lowest BCUT2D eigenvalue weighted by molar-refractivity contribution is -0.384. The molecule has 0 bridgehead atoms. The zero-order chi connectivity index (χ0) is 23.2. The second kappa shape index (κ2) is 8.09. The molecule has 0 aromatic heterocycles. The number of ketones is 1. The van der Waals surface area contributed by atoms with Crippen LogP contribution >= 0.6 is 0 Å². The van der Waals surface area contributed by atoms with E-state index in [2.05, 4.69) is 5.32 Å². The van der Waals surface area contributed by atoms with E-state index in [1.165, 1.54) is 12.1 Å².